The summed E-state index contributed by atoms with van der Waals surface area (Å²) in [6, 6.07) is 9.47. The zero-order valence-electron chi connectivity index (χ0n) is 18.2. The molecular weight excluding hydrogens is 372 g/mol. The van der Waals surface area contributed by atoms with E-state index in [1.54, 1.807) is 25.7 Å². The van der Waals surface area contributed by atoms with Crippen molar-refractivity contribution >= 4 is 18.5 Å². The lowest BCUT2D eigenvalue weighted by Gasteiger charge is -2.41. The molecule has 29 heavy (non-hydrogen) atoms. The summed E-state index contributed by atoms with van der Waals surface area (Å²) in [4.78, 5) is 37.1. The summed E-state index contributed by atoms with van der Waals surface area (Å²) >= 11 is 0. The van der Waals surface area contributed by atoms with Crippen LogP contribution in [-0.4, -0.2) is 47.6 Å². The van der Waals surface area contributed by atoms with E-state index in [-0.39, 0.29) is 13.0 Å². The molecule has 0 aromatic heterocycles. The fourth-order valence-corrected chi connectivity index (χ4v) is 2.99. The van der Waals surface area contributed by atoms with E-state index in [4.69, 9.17) is 9.47 Å². The van der Waals surface area contributed by atoms with Gasteiger partial charge in [0, 0.05) is 19.5 Å². The lowest BCUT2D eigenvalue weighted by atomic mass is 9.85. The highest BCUT2D eigenvalue weighted by Crippen LogP contribution is 2.26. The summed E-state index contributed by atoms with van der Waals surface area (Å²) in [6.07, 6.45) is 0.955. The van der Waals surface area contributed by atoms with Crippen molar-refractivity contribution in [3.8, 4) is 0 Å². The Kier molecular flexibility index (Phi) is 9.65. The SMILES string of the molecule is CC.CC(C)(C)OC(=O)NC1(CC=O)CCN(C(=O)OCc2ccccc2)CC1. The minimum Gasteiger partial charge on any atom is -0.445 e. The van der Waals surface area contributed by atoms with Crippen molar-refractivity contribution in [3.63, 3.8) is 0 Å². The molecule has 0 bridgehead atoms. The molecule has 2 amide bonds. The second kappa shape index (κ2) is 11.4. The molecule has 1 aromatic carbocycles. The molecule has 0 radical (unpaired) electrons. The molecule has 7 nitrogen and oxygen atoms in total. The van der Waals surface area contributed by atoms with Crippen LogP contribution in [0.2, 0.25) is 0 Å². The Morgan fingerprint density at radius 2 is 1.72 bits per heavy atom. The number of benzene rings is 1. The van der Waals surface area contributed by atoms with Crippen LogP contribution in [0.25, 0.3) is 0 Å². The first-order valence-electron chi connectivity index (χ1n) is 10.1. The molecule has 1 aliphatic heterocycles. The lowest BCUT2D eigenvalue weighted by Crippen LogP contribution is -2.57. The van der Waals surface area contributed by atoms with Crippen LogP contribution in [0.5, 0.6) is 0 Å². The van der Waals surface area contributed by atoms with E-state index in [2.05, 4.69) is 5.32 Å². The normalized spacial score (nSPS) is 15.4. The van der Waals surface area contributed by atoms with Crippen LogP contribution in [0.4, 0.5) is 9.59 Å². The third-order valence-electron chi connectivity index (χ3n) is 4.42. The monoisotopic (exact) mass is 406 g/mol. The number of carbonyl (C=O) groups is 3. The number of aldehydes is 1. The molecule has 0 saturated carbocycles. The van der Waals surface area contributed by atoms with E-state index in [0.29, 0.717) is 25.9 Å². The number of piperidine rings is 1. The second-order valence-electron chi connectivity index (χ2n) is 7.81. The topological polar surface area (TPSA) is 84.9 Å². The van der Waals surface area contributed by atoms with E-state index in [0.717, 1.165) is 11.8 Å². The van der Waals surface area contributed by atoms with Gasteiger partial charge in [-0.3, -0.25) is 0 Å². The van der Waals surface area contributed by atoms with Gasteiger partial charge < -0.3 is 24.5 Å². The van der Waals surface area contributed by atoms with E-state index < -0.39 is 23.3 Å². The molecule has 1 saturated heterocycles. The summed E-state index contributed by atoms with van der Waals surface area (Å²) in [5.41, 5.74) is -0.390. The van der Waals surface area contributed by atoms with Crippen molar-refractivity contribution in [3.05, 3.63) is 35.9 Å². The fraction of sp³-hybridized carbons (Fsp3) is 0.591. The number of nitrogens with one attached hydrogen (secondary N) is 1. The van der Waals surface area contributed by atoms with E-state index >= 15 is 0 Å². The third kappa shape index (κ3) is 8.54. The lowest BCUT2D eigenvalue weighted by molar-refractivity contribution is -0.109. The minimum absolute atomic E-state index is 0.180. The van der Waals surface area contributed by atoms with E-state index in [1.165, 1.54) is 0 Å². The summed E-state index contributed by atoms with van der Waals surface area (Å²) in [7, 11) is 0. The number of alkyl carbamates (subject to hydrolysis) is 1. The van der Waals surface area contributed by atoms with Crippen molar-refractivity contribution in [1.29, 1.82) is 0 Å². The van der Waals surface area contributed by atoms with Crippen molar-refractivity contribution in [1.82, 2.24) is 10.2 Å². The summed E-state index contributed by atoms with van der Waals surface area (Å²) < 4.78 is 10.7. The number of nitrogens with zero attached hydrogens (tertiary/aromatic N) is 1. The highest BCUT2D eigenvalue weighted by Gasteiger charge is 2.38. The second-order valence-corrected chi connectivity index (χ2v) is 7.81. The highest BCUT2D eigenvalue weighted by molar-refractivity contribution is 5.71. The van der Waals surface area contributed by atoms with E-state index in [1.807, 2.05) is 44.2 Å². The zero-order valence-corrected chi connectivity index (χ0v) is 18.2. The van der Waals surface area contributed by atoms with Crippen molar-refractivity contribution < 1.29 is 23.9 Å². The largest absolute Gasteiger partial charge is 0.445 e. The van der Waals surface area contributed by atoms with Gasteiger partial charge in [0.2, 0.25) is 0 Å². The smallest absolute Gasteiger partial charge is 0.410 e. The molecule has 1 fully saturated rings. The quantitative estimate of drug-likeness (QED) is 0.737. The third-order valence-corrected chi connectivity index (χ3v) is 4.42. The summed E-state index contributed by atoms with van der Waals surface area (Å²) in [5.74, 6) is 0. The highest BCUT2D eigenvalue weighted by atomic mass is 16.6. The first-order valence-corrected chi connectivity index (χ1v) is 10.1. The number of carbonyl (C=O) groups excluding carboxylic acids is 3. The molecule has 2 rings (SSSR count). The predicted octanol–water partition coefficient (Wildman–Crippen LogP) is 4.30. The standard InChI is InChI=1S/C20H28N2O5.C2H6/c1-19(2,3)27-17(24)21-20(11-14-23)9-12-22(13-10-20)18(25)26-15-16-7-5-4-6-8-16;1-2/h4-8,14H,9-13,15H2,1-3H3,(H,21,24);1-2H3. The minimum atomic E-state index is -0.694. The van der Waals surface area contributed by atoms with Crippen LogP contribution in [-0.2, 0) is 20.9 Å². The molecule has 7 heteroatoms. The fourth-order valence-electron chi connectivity index (χ4n) is 2.99. The first-order chi connectivity index (χ1) is 13.7. The zero-order chi connectivity index (χ0) is 21.9. The number of rotatable bonds is 5. The molecule has 0 aliphatic carbocycles. The van der Waals surface area contributed by atoms with Gasteiger partial charge in [-0.1, -0.05) is 44.2 Å². The van der Waals surface area contributed by atoms with Crippen molar-refractivity contribution in [2.75, 3.05) is 13.1 Å². The first kappa shape index (κ1) is 24.5. The van der Waals surface area contributed by atoms with Gasteiger partial charge in [0.1, 0.15) is 18.5 Å². The number of likely N-dealkylation sites (tertiary alicyclic amines) is 1. The van der Waals surface area contributed by atoms with Gasteiger partial charge in [0.05, 0.1) is 5.54 Å². The van der Waals surface area contributed by atoms with Crippen LogP contribution in [0.15, 0.2) is 30.3 Å². The molecule has 0 atom stereocenters. The van der Waals surface area contributed by atoms with Gasteiger partial charge in [0.15, 0.2) is 0 Å². The summed E-state index contributed by atoms with van der Waals surface area (Å²) in [6.45, 7) is 10.4. The van der Waals surface area contributed by atoms with Crippen LogP contribution in [0.1, 0.15) is 59.4 Å². The number of hydrogen-bond donors (Lipinski definition) is 1. The van der Waals surface area contributed by atoms with Gasteiger partial charge in [-0.05, 0) is 39.2 Å². The van der Waals surface area contributed by atoms with Gasteiger partial charge >= 0.3 is 12.2 Å². The molecular formula is C22H34N2O5. The Hall–Kier alpha value is -2.57. The predicted molar refractivity (Wildman–Crippen MR) is 112 cm³/mol. The Labute approximate surface area is 173 Å². The Bertz CT molecular complexity index is 647. The van der Waals surface area contributed by atoms with Crippen molar-refractivity contribution in [2.45, 2.75) is 71.6 Å². The van der Waals surface area contributed by atoms with Crippen LogP contribution in [0, 0.1) is 0 Å². The Morgan fingerprint density at radius 1 is 1.14 bits per heavy atom. The van der Waals surface area contributed by atoms with Gasteiger partial charge in [-0.25, -0.2) is 9.59 Å². The average Bonchev–Trinajstić information content (AvgIpc) is 2.68. The van der Waals surface area contributed by atoms with E-state index in [9.17, 15) is 14.4 Å². The van der Waals surface area contributed by atoms with Gasteiger partial charge in [-0.15, -0.1) is 0 Å². The molecule has 0 unspecified atom stereocenters. The van der Waals surface area contributed by atoms with Gasteiger partial charge in [-0.2, -0.15) is 0 Å². The molecule has 1 N–H and O–H groups in total. The Balaban J connectivity index is 0.00000204. The maximum atomic E-state index is 12.3. The number of ether oxygens (including phenoxy) is 2. The maximum Gasteiger partial charge on any atom is 0.410 e. The Morgan fingerprint density at radius 3 is 2.24 bits per heavy atom. The van der Waals surface area contributed by atoms with Gasteiger partial charge in [0.25, 0.3) is 0 Å². The molecule has 1 aliphatic rings. The average molecular weight is 407 g/mol. The summed E-state index contributed by atoms with van der Waals surface area (Å²) in [5, 5.41) is 2.84. The van der Waals surface area contributed by atoms with Crippen LogP contribution >= 0.6 is 0 Å². The molecule has 1 heterocycles. The van der Waals surface area contributed by atoms with Crippen LogP contribution < -0.4 is 5.32 Å². The molecule has 162 valence electrons. The maximum absolute atomic E-state index is 12.3. The number of amides is 2. The molecule has 0 spiro atoms. The molecule has 1 aromatic rings. The van der Waals surface area contributed by atoms with Crippen molar-refractivity contribution in [2.24, 2.45) is 0 Å². The number of hydrogen-bond acceptors (Lipinski definition) is 5. The van der Waals surface area contributed by atoms with Crippen LogP contribution in [0.3, 0.4) is 0 Å².